The van der Waals surface area contributed by atoms with Gasteiger partial charge in [0.1, 0.15) is 0 Å². The summed E-state index contributed by atoms with van der Waals surface area (Å²) in [6.45, 7) is 3.76. The van der Waals surface area contributed by atoms with Crippen LogP contribution in [0.25, 0.3) is 0 Å². The summed E-state index contributed by atoms with van der Waals surface area (Å²) in [5.74, 6) is 0.948. The van der Waals surface area contributed by atoms with Gasteiger partial charge in [0.25, 0.3) is 0 Å². The van der Waals surface area contributed by atoms with Gasteiger partial charge >= 0.3 is 0 Å². The van der Waals surface area contributed by atoms with Crippen LogP contribution in [0.5, 0.6) is 0 Å². The Morgan fingerprint density at radius 3 is 2.69 bits per heavy atom. The van der Waals surface area contributed by atoms with E-state index in [1.54, 1.807) is 0 Å². The molecule has 0 aromatic heterocycles. The lowest BCUT2D eigenvalue weighted by molar-refractivity contribution is 0.284. The molecular formula is C11H22N2. The van der Waals surface area contributed by atoms with E-state index in [1.165, 1.54) is 58.2 Å². The third kappa shape index (κ3) is 2.96. The first kappa shape index (κ1) is 9.47. The third-order valence-corrected chi connectivity index (χ3v) is 3.43. The average molecular weight is 182 g/mol. The maximum Gasteiger partial charge on any atom is 0.00701 e. The number of hydrogen-bond acceptors (Lipinski definition) is 2. The van der Waals surface area contributed by atoms with E-state index in [0.717, 1.165) is 12.0 Å². The lowest BCUT2D eigenvalue weighted by Crippen LogP contribution is -2.39. The van der Waals surface area contributed by atoms with Crippen molar-refractivity contribution in [2.75, 3.05) is 19.6 Å². The van der Waals surface area contributed by atoms with Crippen molar-refractivity contribution in [1.29, 1.82) is 0 Å². The van der Waals surface area contributed by atoms with Crippen LogP contribution >= 0.6 is 0 Å². The van der Waals surface area contributed by atoms with Gasteiger partial charge in [-0.25, -0.2) is 0 Å². The summed E-state index contributed by atoms with van der Waals surface area (Å²) in [6.07, 6.45) is 8.49. The van der Waals surface area contributed by atoms with Crippen LogP contribution in [0.1, 0.15) is 38.5 Å². The fourth-order valence-corrected chi connectivity index (χ4v) is 2.65. The Morgan fingerprint density at radius 2 is 2.00 bits per heavy atom. The Labute approximate surface area is 81.5 Å². The molecule has 0 aliphatic carbocycles. The van der Waals surface area contributed by atoms with Crippen molar-refractivity contribution in [3.8, 4) is 0 Å². The minimum Gasteiger partial charge on any atom is -0.316 e. The van der Waals surface area contributed by atoms with Crippen LogP contribution in [-0.2, 0) is 0 Å². The minimum absolute atomic E-state index is 0.832. The predicted octanol–water partition coefficient (Wildman–Crippen LogP) is 1.52. The summed E-state index contributed by atoms with van der Waals surface area (Å²) in [4.78, 5) is 0. The molecule has 2 rings (SSSR count). The molecular weight excluding hydrogens is 160 g/mol. The van der Waals surface area contributed by atoms with Crippen LogP contribution in [0.3, 0.4) is 0 Å². The molecule has 0 bridgehead atoms. The first-order chi connectivity index (χ1) is 6.45. The van der Waals surface area contributed by atoms with E-state index in [9.17, 15) is 0 Å². The molecule has 0 aromatic carbocycles. The summed E-state index contributed by atoms with van der Waals surface area (Å²) in [5.41, 5.74) is 0. The van der Waals surface area contributed by atoms with Gasteiger partial charge in [0.2, 0.25) is 0 Å². The van der Waals surface area contributed by atoms with Crippen molar-refractivity contribution in [3.05, 3.63) is 0 Å². The van der Waals surface area contributed by atoms with Crippen LogP contribution in [0.4, 0.5) is 0 Å². The summed E-state index contributed by atoms with van der Waals surface area (Å²) >= 11 is 0. The maximum absolute atomic E-state index is 3.64. The highest BCUT2D eigenvalue weighted by Crippen LogP contribution is 2.20. The Kier molecular flexibility index (Phi) is 3.62. The van der Waals surface area contributed by atoms with Crippen molar-refractivity contribution < 1.29 is 0 Å². The highest BCUT2D eigenvalue weighted by Gasteiger charge is 2.19. The number of piperidine rings is 2. The molecule has 0 aromatic rings. The van der Waals surface area contributed by atoms with Crippen molar-refractivity contribution in [2.24, 2.45) is 5.92 Å². The highest BCUT2D eigenvalue weighted by molar-refractivity contribution is 4.78. The first-order valence-corrected chi connectivity index (χ1v) is 5.89. The zero-order valence-corrected chi connectivity index (χ0v) is 8.52. The zero-order chi connectivity index (χ0) is 8.93. The second-order valence-electron chi connectivity index (χ2n) is 4.59. The topological polar surface area (TPSA) is 24.1 Å². The first-order valence-electron chi connectivity index (χ1n) is 5.89. The van der Waals surface area contributed by atoms with E-state index < -0.39 is 0 Å². The summed E-state index contributed by atoms with van der Waals surface area (Å²) in [6, 6.07) is 0.832. The van der Waals surface area contributed by atoms with Gasteiger partial charge in [0, 0.05) is 6.04 Å². The van der Waals surface area contributed by atoms with E-state index in [2.05, 4.69) is 10.6 Å². The molecule has 2 heterocycles. The van der Waals surface area contributed by atoms with Crippen molar-refractivity contribution in [1.82, 2.24) is 10.6 Å². The lowest BCUT2D eigenvalue weighted by Gasteiger charge is -2.30. The molecule has 0 radical (unpaired) electrons. The maximum atomic E-state index is 3.64. The molecule has 0 amide bonds. The quantitative estimate of drug-likeness (QED) is 0.676. The normalized spacial score (nSPS) is 36.0. The largest absolute Gasteiger partial charge is 0.316 e. The van der Waals surface area contributed by atoms with Gasteiger partial charge in [0.15, 0.2) is 0 Å². The molecule has 0 saturated carbocycles. The van der Waals surface area contributed by atoms with Crippen LogP contribution in [0.2, 0.25) is 0 Å². The third-order valence-electron chi connectivity index (χ3n) is 3.43. The van der Waals surface area contributed by atoms with Crippen molar-refractivity contribution in [2.45, 2.75) is 44.6 Å². The van der Waals surface area contributed by atoms with Crippen LogP contribution < -0.4 is 10.6 Å². The van der Waals surface area contributed by atoms with Gasteiger partial charge in [-0.3, -0.25) is 0 Å². The van der Waals surface area contributed by atoms with E-state index in [-0.39, 0.29) is 0 Å². The molecule has 2 nitrogen and oxygen atoms in total. The fourth-order valence-electron chi connectivity index (χ4n) is 2.65. The average Bonchev–Trinajstić information content (AvgIpc) is 2.21. The van der Waals surface area contributed by atoms with Gasteiger partial charge in [-0.1, -0.05) is 6.42 Å². The van der Waals surface area contributed by atoms with Crippen molar-refractivity contribution >= 4 is 0 Å². The van der Waals surface area contributed by atoms with E-state index in [4.69, 9.17) is 0 Å². The van der Waals surface area contributed by atoms with E-state index in [1.807, 2.05) is 0 Å². The minimum atomic E-state index is 0.832. The van der Waals surface area contributed by atoms with Crippen LogP contribution in [0.15, 0.2) is 0 Å². The number of nitrogens with one attached hydrogen (secondary N) is 2. The molecule has 2 heteroatoms. The van der Waals surface area contributed by atoms with E-state index >= 15 is 0 Å². The molecule has 2 atom stereocenters. The fraction of sp³-hybridized carbons (Fsp3) is 1.00. The molecule has 13 heavy (non-hydrogen) atoms. The molecule has 0 spiro atoms. The second-order valence-corrected chi connectivity index (χ2v) is 4.59. The Bertz CT molecular complexity index is 119. The predicted molar refractivity (Wildman–Crippen MR) is 55.9 cm³/mol. The molecule has 2 unspecified atom stereocenters. The Morgan fingerprint density at radius 1 is 1.00 bits per heavy atom. The molecule has 2 aliphatic rings. The Hall–Kier alpha value is -0.0800. The smallest absolute Gasteiger partial charge is 0.00701 e. The van der Waals surface area contributed by atoms with Crippen molar-refractivity contribution in [3.63, 3.8) is 0 Å². The van der Waals surface area contributed by atoms with Gasteiger partial charge in [-0.15, -0.1) is 0 Å². The highest BCUT2D eigenvalue weighted by atomic mass is 14.9. The van der Waals surface area contributed by atoms with Gasteiger partial charge in [0.05, 0.1) is 0 Å². The monoisotopic (exact) mass is 182 g/mol. The van der Waals surface area contributed by atoms with Crippen LogP contribution in [-0.4, -0.2) is 25.7 Å². The standard InChI is InChI=1S/C11H22N2/c1-2-7-13-11(5-1)8-10-4-3-6-12-9-10/h10-13H,1-9H2. The van der Waals surface area contributed by atoms with Gasteiger partial charge in [-0.2, -0.15) is 0 Å². The molecule has 76 valence electrons. The summed E-state index contributed by atoms with van der Waals surface area (Å²) in [7, 11) is 0. The number of rotatable bonds is 2. The molecule has 2 saturated heterocycles. The summed E-state index contributed by atoms with van der Waals surface area (Å²) < 4.78 is 0. The molecule has 2 N–H and O–H groups in total. The van der Waals surface area contributed by atoms with Gasteiger partial charge in [-0.05, 0) is 57.7 Å². The summed E-state index contributed by atoms with van der Waals surface area (Å²) in [5, 5.41) is 7.14. The molecule has 2 fully saturated rings. The zero-order valence-electron chi connectivity index (χ0n) is 8.52. The molecule has 2 aliphatic heterocycles. The van der Waals surface area contributed by atoms with Crippen LogP contribution in [0, 0.1) is 5.92 Å². The van der Waals surface area contributed by atoms with Gasteiger partial charge < -0.3 is 10.6 Å². The van der Waals surface area contributed by atoms with E-state index in [0.29, 0.717) is 0 Å². The lowest BCUT2D eigenvalue weighted by atomic mass is 9.89. The second kappa shape index (κ2) is 4.97. The SMILES string of the molecule is C1CCC(CC2CCCNC2)NC1. The Balaban J connectivity index is 1.69. The number of hydrogen-bond donors (Lipinski definition) is 2.